The zero-order valence-electron chi connectivity index (χ0n) is 14.1. The number of aryl methyl sites for hydroxylation is 1. The second kappa shape index (κ2) is 6.73. The SMILES string of the molecule is Cn1cc(C(N)=O)c(NCCc2ccc(OC(C)(C)C)cc2)n1. The average molecular weight is 316 g/mol. The van der Waals surface area contributed by atoms with E-state index in [-0.39, 0.29) is 5.60 Å². The largest absolute Gasteiger partial charge is 0.488 e. The molecule has 1 amide bonds. The first kappa shape index (κ1) is 16.9. The average Bonchev–Trinajstić information content (AvgIpc) is 2.80. The number of nitrogens with one attached hydrogen (secondary N) is 1. The summed E-state index contributed by atoms with van der Waals surface area (Å²) >= 11 is 0. The molecule has 124 valence electrons. The van der Waals surface area contributed by atoms with Gasteiger partial charge in [-0.05, 0) is 44.9 Å². The van der Waals surface area contributed by atoms with E-state index in [0.29, 0.717) is 17.9 Å². The van der Waals surface area contributed by atoms with Crippen molar-refractivity contribution >= 4 is 11.7 Å². The number of aromatic nitrogens is 2. The first-order valence-corrected chi connectivity index (χ1v) is 7.60. The summed E-state index contributed by atoms with van der Waals surface area (Å²) in [6.07, 6.45) is 2.42. The van der Waals surface area contributed by atoms with Gasteiger partial charge in [0.2, 0.25) is 0 Å². The van der Waals surface area contributed by atoms with E-state index in [9.17, 15) is 4.79 Å². The van der Waals surface area contributed by atoms with Crippen molar-refractivity contribution in [1.82, 2.24) is 9.78 Å². The van der Waals surface area contributed by atoms with Crippen LogP contribution in [0.15, 0.2) is 30.5 Å². The number of carbonyl (C=O) groups is 1. The van der Waals surface area contributed by atoms with Crippen LogP contribution in [0.1, 0.15) is 36.7 Å². The fraction of sp³-hybridized carbons (Fsp3) is 0.412. The Kier molecular flexibility index (Phi) is 4.93. The Bertz CT molecular complexity index is 669. The van der Waals surface area contributed by atoms with Crippen LogP contribution in [0.5, 0.6) is 5.75 Å². The van der Waals surface area contributed by atoms with Crippen molar-refractivity contribution in [3.63, 3.8) is 0 Å². The Morgan fingerprint density at radius 3 is 2.52 bits per heavy atom. The summed E-state index contributed by atoms with van der Waals surface area (Å²) in [7, 11) is 1.76. The molecule has 0 radical (unpaired) electrons. The Labute approximate surface area is 136 Å². The molecule has 23 heavy (non-hydrogen) atoms. The van der Waals surface area contributed by atoms with Crippen molar-refractivity contribution in [1.29, 1.82) is 0 Å². The maximum absolute atomic E-state index is 11.3. The molecular formula is C17H24N4O2. The topological polar surface area (TPSA) is 82.2 Å². The number of anilines is 1. The van der Waals surface area contributed by atoms with Crippen LogP contribution in [0.25, 0.3) is 0 Å². The maximum atomic E-state index is 11.3. The van der Waals surface area contributed by atoms with Crippen LogP contribution in [0, 0.1) is 0 Å². The first-order chi connectivity index (χ1) is 10.7. The van der Waals surface area contributed by atoms with Gasteiger partial charge in [0.05, 0.1) is 0 Å². The summed E-state index contributed by atoms with van der Waals surface area (Å²) in [6, 6.07) is 8.01. The molecule has 1 aromatic heterocycles. The number of hydrogen-bond acceptors (Lipinski definition) is 4. The third-order valence-corrected chi connectivity index (χ3v) is 3.15. The fourth-order valence-corrected chi connectivity index (χ4v) is 2.20. The molecule has 6 heteroatoms. The number of ether oxygens (including phenoxy) is 1. The Morgan fingerprint density at radius 1 is 1.30 bits per heavy atom. The van der Waals surface area contributed by atoms with Crippen molar-refractivity contribution < 1.29 is 9.53 Å². The van der Waals surface area contributed by atoms with Gasteiger partial charge in [0.1, 0.15) is 16.9 Å². The van der Waals surface area contributed by atoms with E-state index in [2.05, 4.69) is 10.4 Å². The molecular weight excluding hydrogens is 292 g/mol. The lowest BCUT2D eigenvalue weighted by Crippen LogP contribution is -2.22. The molecule has 6 nitrogen and oxygen atoms in total. The van der Waals surface area contributed by atoms with Crippen LogP contribution in [0.2, 0.25) is 0 Å². The third-order valence-electron chi connectivity index (χ3n) is 3.15. The number of rotatable bonds is 6. The predicted molar refractivity (Wildman–Crippen MR) is 90.7 cm³/mol. The van der Waals surface area contributed by atoms with Crippen LogP contribution >= 0.6 is 0 Å². The molecule has 0 bridgehead atoms. The molecule has 0 saturated carbocycles. The molecule has 2 rings (SSSR count). The minimum Gasteiger partial charge on any atom is -0.488 e. The lowest BCUT2D eigenvalue weighted by atomic mass is 10.1. The molecule has 0 fully saturated rings. The summed E-state index contributed by atoms with van der Waals surface area (Å²) in [5.74, 6) is 0.895. The highest BCUT2D eigenvalue weighted by Gasteiger charge is 2.13. The molecule has 0 aliphatic heterocycles. The molecule has 2 aromatic rings. The van der Waals surface area contributed by atoms with E-state index in [4.69, 9.17) is 10.5 Å². The normalized spacial score (nSPS) is 11.3. The number of carbonyl (C=O) groups excluding carboxylic acids is 1. The molecule has 1 heterocycles. The molecule has 0 aliphatic carbocycles. The number of hydrogen-bond donors (Lipinski definition) is 2. The number of nitrogens with two attached hydrogens (primary N) is 1. The van der Waals surface area contributed by atoms with E-state index in [1.165, 1.54) is 5.56 Å². The third kappa shape index (κ3) is 5.02. The Balaban J connectivity index is 1.91. The van der Waals surface area contributed by atoms with E-state index in [0.717, 1.165) is 12.2 Å². The van der Waals surface area contributed by atoms with Gasteiger partial charge in [0.25, 0.3) is 5.91 Å². The zero-order chi connectivity index (χ0) is 17.0. The van der Waals surface area contributed by atoms with Gasteiger partial charge in [0.15, 0.2) is 5.82 Å². The van der Waals surface area contributed by atoms with Gasteiger partial charge >= 0.3 is 0 Å². The van der Waals surface area contributed by atoms with Crippen molar-refractivity contribution in [2.24, 2.45) is 12.8 Å². The van der Waals surface area contributed by atoms with Crippen LogP contribution in [0.3, 0.4) is 0 Å². The quantitative estimate of drug-likeness (QED) is 0.857. The van der Waals surface area contributed by atoms with E-state index < -0.39 is 5.91 Å². The standard InChI is InChI=1S/C17H24N4O2/c1-17(2,3)23-13-7-5-12(6-8-13)9-10-19-16-14(15(18)22)11-21(4)20-16/h5-8,11H,9-10H2,1-4H3,(H2,18,22)(H,19,20). The zero-order valence-corrected chi connectivity index (χ0v) is 14.1. The second-order valence-electron chi connectivity index (χ2n) is 6.46. The summed E-state index contributed by atoms with van der Waals surface area (Å²) in [4.78, 5) is 11.3. The summed E-state index contributed by atoms with van der Waals surface area (Å²) < 4.78 is 7.37. The van der Waals surface area contributed by atoms with Crippen molar-refractivity contribution in [3.8, 4) is 5.75 Å². The summed E-state index contributed by atoms with van der Waals surface area (Å²) in [5.41, 5.74) is 6.71. The fourth-order valence-electron chi connectivity index (χ4n) is 2.20. The van der Waals surface area contributed by atoms with Crippen LogP contribution in [-0.2, 0) is 13.5 Å². The molecule has 0 atom stereocenters. The Hall–Kier alpha value is -2.50. The van der Waals surface area contributed by atoms with E-state index in [1.807, 2.05) is 45.0 Å². The van der Waals surface area contributed by atoms with Crippen LogP contribution in [0.4, 0.5) is 5.82 Å². The Morgan fingerprint density at radius 2 is 1.96 bits per heavy atom. The van der Waals surface area contributed by atoms with Gasteiger partial charge in [-0.1, -0.05) is 12.1 Å². The predicted octanol–water partition coefficient (Wildman–Crippen LogP) is 2.35. The number of primary amides is 1. The minimum absolute atomic E-state index is 0.201. The van der Waals surface area contributed by atoms with Gasteiger partial charge in [-0.3, -0.25) is 9.48 Å². The van der Waals surface area contributed by atoms with Gasteiger partial charge < -0.3 is 15.8 Å². The van der Waals surface area contributed by atoms with Crippen molar-refractivity contribution in [2.45, 2.75) is 32.8 Å². The maximum Gasteiger partial charge on any atom is 0.254 e. The summed E-state index contributed by atoms with van der Waals surface area (Å²) in [5, 5.41) is 7.35. The second-order valence-corrected chi connectivity index (χ2v) is 6.46. The van der Waals surface area contributed by atoms with Crippen molar-refractivity contribution in [3.05, 3.63) is 41.6 Å². The van der Waals surface area contributed by atoms with Gasteiger partial charge in [0, 0.05) is 19.8 Å². The minimum atomic E-state index is -0.482. The van der Waals surface area contributed by atoms with Gasteiger partial charge in [-0.25, -0.2) is 0 Å². The highest BCUT2D eigenvalue weighted by Crippen LogP contribution is 2.19. The van der Waals surface area contributed by atoms with Gasteiger partial charge in [-0.15, -0.1) is 0 Å². The van der Waals surface area contributed by atoms with Gasteiger partial charge in [-0.2, -0.15) is 5.10 Å². The lowest BCUT2D eigenvalue weighted by Gasteiger charge is -2.21. The lowest BCUT2D eigenvalue weighted by molar-refractivity contribution is 0.100. The number of benzene rings is 1. The monoisotopic (exact) mass is 316 g/mol. The molecule has 0 aliphatic rings. The molecule has 1 aromatic carbocycles. The molecule has 0 spiro atoms. The summed E-state index contributed by atoms with van der Waals surface area (Å²) in [6.45, 7) is 6.73. The molecule has 0 saturated heterocycles. The van der Waals surface area contributed by atoms with E-state index >= 15 is 0 Å². The van der Waals surface area contributed by atoms with Crippen LogP contribution in [-0.4, -0.2) is 27.8 Å². The first-order valence-electron chi connectivity index (χ1n) is 7.60. The highest BCUT2D eigenvalue weighted by atomic mass is 16.5. The van der Waals surface area contributed by atoms with Crippen LogP contribution < -0.4 is 15.8 Å². The number of nitrogens with zero attached hydrogens (tertiary/aromatic N) is 2. The number of amides is 1. The molecule has 0 unspecified atom stereocenters. The smallest absolute Gasteiger partial charge is 0.254 e. The molecule has 3 N–H and O–H groups in total. The highest BCUT2D eigenvalue weighted by molar-refractivity contribution is 5.97. The van der Waals surface area contributed by atoms with Crippen molar-refractivity contribution in [2.75, 3.05) is 11.9 Å². The van der Waals surface area contributed by atoms with E-state index in [1.54, 1.807) is 17.9 Å².